The molecule has 0 saturated heterocycles. The second-order valence-corrected chi connectivity index (χ2v) is 6.00. The highest BCUT2D eigenvalue weighted by molar-refractivity contribution is 5.98. The molecule has 0 saturated carbocycles. The van der Waals surface area contributed by atoms with E-state index < -0.39 is 0 Å². The van der Waals surface area contributed by atoms with Crippen molar-refractivity contribution < 1.29 is 9.59 Å². The van der Waals surface area contributed by atoms with Crippen LogP contribution in [0, 0.1) is 6.92 Å². The quantitative estimate of drug-likeness (QED) is 0.818. The Morgan fingerprint density at radius 3 is 2.44 bits per heavy atom. The van der Waals surface area contributed by atoms with E-state index in [4.69, 9.17) is 0 Å². The number of hydrogen-bond acceptors (Lipinski definition) is 2. The molecule has 0 aliphatic heterocycles. The molecule has 0 spiro atoms. The lowest BCUT2D eigenvalue weighted by atomic mass is 10.1. The van der Waals surface area contributed by atoms with Gasteiger partial charge < -0.3 is 10.2 Å². The minimum absolute atomic E-state index is 0.00905. The van der Waals surface area contributed by atoms with Gasteiger partial charge in [-0.15, -0.1) is 0 Å². The molecule has 0 aliphatic rings. The first-order chi connectivity index (χ1) is 12.0. The summed E-state index contributed by atoms with van der Waals surface area (Å²) >= 11 is 0. The molecule has 130 valence electrons. The number of anilines is 1. The van der Waals surface area contributed by atoms with Crippen LogP contribution in [-0.4, -0.2) is 30.3 Å². The average molecular weight is 336 g/mol. The van der Waals surface area contributed by atoms with E-state index in [1.165, 1.54) is 16.5 Å². The van der Waals surface area contributed by atoms with Gasteiger partial charge in [-0.1, -0.05) is 55.0 Å². The Labute approximate surface area is 149 Å². The lowest BCUT2D eigenvalue weighted by Crippen LogP contribution is -2.34. The molecule has 2 aromatic rings. The summed E-state index contributed by atoms with van der Waals surface area (Å²) in [5.41, 5.74) is 3.99. The van der Waals surface area contributed by atoms with Gasteiger partial charge in [-0.3, -0.25) is 9.59 Å². The number of para-hydroxylation sites is 1. The predicted octanol–water partition coefficient (Wildman–Crippen LogP) is 3.67. The van der Waals surface area contributed by atoms with Crippen LogP contribution in [0.4, 0.5) is 5.69 Å². The van der Waals surface area contributed by atoms with Gasteiger partial charge in [0.05, 0.1) is 6.54 Å². The number of nitrogens with zero attached hydrogens (tertiary/aromatic N) is 1. The van der Waals surface area contributed by atoms with Crippen LogP contribution < -0.4 is 5.32 Å². The SMILES string of the molecule is CCc1ccccc1NC(=O)CN(C)C(=O)/C=C/c1ccc(C)cc1. The van der Waals surface area contributed by atoms with Crippen molar-refractivity contribution in [1.82, 2.24) is 4.90 Å². The van der Waals surface area contributed by atoms with Gasteiger partial charge in [-0.25, -0.2) is 0 Å². The van der Waals surface area contributed by atoms with Crippen LogP contribution in [0.1, 0.15) is 23.6 Å². The van der Waals surface area contributed by atoms with E-state index in [9.17, 15) is 9.59 Å². The van der Waals surface area contributed by atoms with Gasteiger partial charge in [-0.2, -0.15) is 0 Å². The molecule has 0 bridgehead atoms. The largest absolute Gasteiger partial charge is 0.333 e. The minimum Gasteiger partial charge on any atom is -0.333 e. The van der Waals surface area contributed by atoms with Crippen molar-refractivity contribution in [2.75, 3.05) is 18.9 Å². The summed E-state index contributed by atoms with van der Waals surface area (Å²) in [5.74, 6) is -0.417. The number of nitrogens with one attached hydrogen (secondary N) is 1. The van der Waals surface area contributed by atoms with E-state index in [-0.39, 0.29) is 18.4 Å². The molecule has 0 fully saturated rings. The first kappa shape index (κ1) is 18.5. The Hall–Kier alpha value is -2.88. The summed E-state index contributed by atoms with van der Waals surface area (Å²) in [4.78, 5) is 25.7. The molecule has 4 nitrogen and oxygen atoms in total. The summed E-state index contributed by atoms with van der Waals surface area (Å²) in [6, 6.07) is 15.6. The minimum atomic E-state index is -0.209. The number of likely N-dealkylation sites (N-methyl/N-ethyl adjacent to an activating group) is 1. The summed E-state index contributed by atoms with van der Waals surface area (Å²) in [6.45, 7) is 4.06. The molecule has 2 aromatic carbocycles. The van der Waals surface area contributed by atoms with Crippen molar-refractivity contribution in [1.29, 1.82) is 0 Å². The number of amides is 2. The molecule has 25 heavy (non-hydrogen) atoms. The fourth-order valence-electron chi connectivity index (χ4n) is 2.41. The summed E-state index contributed by atoms with van der Waals surface area (Å²) in [6.07, 6.45) is 4.07. The van der Waals surface area contributed by atoms with E-state index in [0.717, 1.165) is 23.2 Å². The molecule has 0 atom stereocenters. The fourth-order valence-corrected chi connectivity index (χ4v) is 2.41. The third-order valence-corrected chi connectivity index (χ3v) is 3.93. The van der Waals surface area contributed by atoms with Crippen LogP contribution in [0.5, 0.6) is 0 Å². The average Bonchev–Trinajstić information content (AvgIpc) is 2.61. The molecular formula is C21H24N2O2. The lowest BCUT2D eigenvalue weighted by molar-refractivity contribution is -0.129. The van der Waals surface area contributed by atoms with Gasteiger partial charge in [-0.05, 0) is 36.6 Å². The monoisotopic (exact) mass is 336 g/mol. The summed E-state index contributed by atoms with van der Waals surface area (Å²) < 4.78 is 0. The second kappa shape index (κ2) is 8.83. The Balaban J connectivity index is 1.91. The topological polar surface area (TPSA) is 49.4 Å². The van der Waals surface area contributed by atoms with Crippen LogP contribution >= 0.6 is 0 Å². The molecule has 1 N–H and O–H groups in total. The smallest absolute Gasteiger partial charge is 0.246 e. The summed E-state index contributed by atoms with van der Waals surface area (Å²) in [5, 5.41) is 2.87. The maximum Gasteiger partial charge on any atom is 0.246 e. The van der Waals surface area contributed by atoms with Crippen LogP contribution in [-0.2, 0) is 16.0 Å². The standard InChI is InChI=1S/C21H24N2O2/c1-4-18-7-5-6-8-19(18)22-20(24)15-23(3)21(25)14-13-17-11-9-16(2)10-12-17/h5-14H,4,15H2,1-3H3,(H,22,24)/b14-13+. The van der Waals surface area contributed by atoms with Crippen LogP contribution in [0.25, 0.3) is 6.08 Å². The van der Waals surface area contributed by atoms with Crippen LogP contribution in [0.15, 0.2) is 54.6 Å². The van der Waals surface area contributed by atoms with Gasteiger partial charge in [0.2, 0.25) is 11.8 Å². The van der Waals surface area contributed by atoms with E-state index in [1.807, 2.05) is 62.4 Å². The third-order valence-electron chi connectivity index (χ3n) is 3.93. The third kappa shape index (κ3) is 5.60. The van der Waals surface area contributed by atoms with Gasteiger partial charge >= 0.3 is 0 Å². The van der Waals surface area contributed by atoms with Crippen molar-refractivity contribution in [2.24, 2.45) is 0 Å². The molecule has 2 amide bonds. The number of benzene rings is 2. The maximum atomic E-state index is 12.2. The normalized spacial score (nSPS) is 10.7. The zero-order valence-corrected chi connectivity index (χ0v) is 15.0. The first-order valence-corrected chi connectivity index (χ1v) is 8.37. The molecule has 2 rings (SSSR count). The van der Waals surface area contributed by atoms with Gasteiger partial charge in [0.1, 0.15) is 0 Å². The van der Waals surface area contributed by atoms with E-state index >= 15 is 0 Å². The molecule has 4 heteroatoms. The molecule has 0 aliphatic carbocycles. The van der Waals surface area contributed by atoms with Gasteiger partial charge in [0.25, 0.3) is 0 Å². The van der Waals surface area contributed by atoms with Crippen molar-refractivity contribution in [3.63, 3.8) is 0 Å². The Morgan fingerprint density at radius 2 is 1.76 bits per heavy atom. The van der Waals surface area contributed by atoms with Gasteiger partial charge in [0, 0.05) is 18.8 Å². The highest BCUT2D eigenvalue weighted by atomic mass is 16.2. The van der Waals surface area contributed by atoms with Crippen molar-refractivity contribution in [2.45, 2.75) is 20.3 Å². The highest BCUT2D eigenvalue weighted by Gasteiger charge is 2.11. The van der Waals surface area contributed by atoms with E-state index in [1.54, 1.807) is 13.1 Å². The maximum absolute atomic E-state index is 12.2. The first-order valence-electron chi connectivity index (χ1n) is 8.37. The van der Waals surface area contributed by atoms with Crippen molar-refractivity contribution in [3.8, 4) is 0 Å². The van der Waals surface area contributed by atoms with E-state index in [2.05, 4.69) is 5.32 Å². The Morgan fingerprint density at radius 1 is 1.08 bits per heavy atom. The highest BCUT2D eigenvalue weighted by Crippen LogP contribution is 2.15. The van der Waals surface area contributed by atoms with Crippen LogP contribution in [0.2, 0.25) is 0 Å². The molecular weight excluding hydrogens is 312 g/mol. The lowest BCUT2D eigenvalue weighted by Gasteiger charge is -2.16. The van der Waals surface area contributed by atoms with Crippen molar-refractivity contribution in [3.05, 3.63) is 71.3 Å². The zero-order valence-electron chi connectivity index (χ0n) is 15.0. The second-order valence-electron chi connectivity index (χ2n) is 6.00. The van der Waals surface area contributed by atoms with Gasteiger partial charge in [0.15, 0.2) is 0 Å². The Bertz CT molecular complexity index is 764. The van der Waals surface area contributed by atoms with E-state index in [0.29, 0.717) is 0 Å². The predicted molar refractivity (Wildman–Crippen MR) is 102 cm³/mol. The number of carbonyl (C=O) groups is 2. The molecule has 0 aromatic heterocycles. The number of aryl methyl sites for hydroxylation is 2. The molecule has 0 unspecified atom stereocenters. The summed E-state index contributed by atoms with van der Waals surface area (Å²) in [7, 11) is 1.62. The van der Waals surface area contributed by atoms with Crippen LogP contribution in [0.3, 0.4) is 0 Å². The number of carbonyl (C=O) groups excluding carboxylic acids is 2. The number of rotatable bonds is 6. The fraction of sp³-hybridized carbons (Fsp3) is 0.238. The van der Waals surface area contributed by atoms with Crippen molar-refractivity contribution >= 4 is 23.6 Å². The molecule has 0 radical (unpaired) electrons. The number of hydrogen-bond donors (Lipinski definition) is 1. The zero-order chi connectivity index (χ0) is 18.2. The Kier molecular flexibility index (Phi) is 6.52. The molecule has 0 heterocycles.